The van der Waals surface area contributed by atoms with Gasteiger partial charge in [0.2, 0.25) is 0 Å². The van der Waals surface area contributed by atoms with Gasteiger partial charge in [0, 0.05) is 5.69 Å². The van der Waals surface area contributed by atoms with E-state index < -0.39 is 16.1 Å². The van der Waals surface area contributed by atoms with Crippen molar-refractivity contribution < 1.29 is 17.9 Å². The van der Waals surface area contributed by atoms with Crippen LogP contribution in [0, 0.1) is 0 Å². The standard InChI is InChI=1S/C19H16N2O4S/c22-19-21(10-11-25-19)17-7-3-6-16(13-17)20-26(23,24)18-9-8-14-4-1-2-5-15(14)12-18/h1-9,12-13,20H,10-11H2. The number of fused-ring (bicyclic) bond motifs is 1. The number of amides is 1. The van der Waals surface area contributed by atoms with Crippen molar-refractivity contribution in [2.45, 2.75) is 4.90 Å². The molecule has 0 bridgehead atoms. The number of nitrogens with zero attached hydrogens (tertiary/aromatic N) is 1. The molecule has 0 atom stereocenters. The number of hydrogen-bond acceptors (Lipinski definition) is 4. The lowest BCUT2D eigenvalue weighted by Crippen LogP contribution is -2.23. The first kappa shape index (κ1) is 16.4. The average molecular weight is 368 g/mol. The van der Waals surface area contributed by atoms with Crippen molar-refractivity contribution in [3.8, 4) is 0 Å². The summed E-state index contributed by atoms with van der Waals surface area (Å²) in [6.45, 7) is 0.769. The van der Waals surface area contributed by atoms with Crippen LogP contribution in [0.2, 0.25) is 0 Å². The van der Waals surface area contributed by atoms with E-state index in [9.17, 15) is 13.2 Å². The molecule has 6 nitrogen and oxygen atoms in total. The number of cyclic esters (lactones) is 1. The molecule has 3 aromatic rings. The Bertz CT molecular complexity index is 1100. The number of carbonyl (C=O) groups excluding carboxylic acids is 1. The third-order valence-corrected chi connectivity index (χ3v) is 5.58. The third-order valence-electron chi connectivity index (χ3n) is 4.20. The molecule has 1 aliphatic heterocycles. The van der Waals surface area contributed by atoms with Gasteiger partial charge in [-0.1, -0.05) is 36.4 Å². The third kappa shape index (κ3) is 3.09. The van der Waals surface area contributed by atoms with Crippen molar-refractivity contribution in [2.24, 2.45) is 0 Å². The maximum atomic E-state index is 12.7. The summed E-state index contributed by atoms with van der Waals surface area (Å²) < 4.78 is 32.9. The number of hydrogen-bond donors (Lipinski definition) is 1. The lowest BCUT2D eigenvalue weighted by atomic mass is 10.1. The number of rotatable bonds is 4. The Hall–Kier alpha value is -3.06. The number of nitrogens with one attached hydrogen (secondary N) is 1. The van der Waals surface area contributed by atoms with Crippen LogP contribution in [-0.4, -0.2) is 27.7 Å². The zero-order chi connectivity index (χ0) is 18.1. The molecule has 0 unspecified atom stereocenters. The molecular weight excluding hydrogens is 352 g/mol. The molecule has 1 heterocycles. The van der Waals surface area contributed by atoms with Crippen molar-refractivity contribution in [1.82, 2.24) is 0 Å². The van der Waals surface area contributed by atoms with Gasteiger partial charge in [-0.2, -0.15) is 0 Å². The number of carbonyl (C=O) groups is 1. The van der Waals surface area contributed by atoms with E-state index in [0.717, 1.165) is 10.8 Å². The Kier molecular flexibility index (Phi) is 4.00. The molecule has 0 saturated carbocycles. The van der Waals surface area contributed by atoms with E-state index in [-0.39, 0.29) is 4.90 Å². The molecule has 0 radical (unpaired) electrons. The van der Waals surface area contributed by atoms with Crippen molar-refractivity contribution in [2.75, 3.05) is 22.8 Å². The first-order valence-corrected chi connectivity index (χ1v) is 9.57. The number of anilines is 2. The molecule has 1 fully saturated rings. The molecule has 3 aromatic carbocycles. The second-order valence-electron chi connectivity index (χ2n) is 5.93. The maximum absolute atomic E-state index is 12.7. The Morgan fingerprint density at radius 3 is 2.50 bits per heavy atom. The van der Waals surface area contributed by atoms with Gasteiger partial charge in [0.1, 0.15) is 6.61 Å². The van der Waals surface area contributed by atoms with E-state index in [1.54, 1.807) is 42.5 Å². The molecule has 1 saturated heterocycles. The molecule has 132 valence electrons. The largest absolute Gasteiger partial charge is 0.447 e. The number of ether oxygens (including phenoxy) is 1. The summed E-state index contributed by atoms with van der Waals surface area (Å²) in [5.74, 6) is 0. The lowest BCUT2D eigenvalue weighted by molar-refractivity contribution is 0.181. The Balaban J connectivity index is 1.63. The summed E-state index contributed by atoms with van der Waals surface area (Å²) in [5.41, 5.74) is 0.974. The summed E-state index contributed by atoms with van der Waals surface area (Å²) in [4.78, 5) is 13.3. The van der Waals surface area contributed by atoms with E-state index in [4.69, 9.17) is 4.74 Å². The molecule has 1 amide bonds. The monoisotopic (exact) mass is 368 g/mol. The van der Waals surface area contributed by atoms with Gasteiger partial charge in [-0.05, 0) is 41.1 Å². The average Bonchev–Trinajstić information content (AvgIpc) is 3.07. The highest BCUT2D eigenvalue weighted by Crippen LogP contribution is 2.25. The molecule has 0 aromatic heterocycles. The summed E-state index contributed by atoms with van der Waals surface area (Å²) >= 11 is 0. The normalized spacial score (nSPS) is 14.5. The van der Waals surface area contributed by atoms with Gasteiger partial charge in [-0.25, -0.2) is 13.2 Å². The SMILES string of the molecule is O=C1OCCN1c1cccc(NS(=O)(=O)c2ccc3ccccc3c2)c1. The highest BCUT2D eigenvalue weighted by molar-refractivity contribution is 7.92. The second-order valence-corrected chi connectivity index (χ2v) is 7.61. The molecule has 7 heteroatoms. The minimum Gasteiger partial charge on any atom is -0.447 e. The molecule has 1 N–H and O–H groups in total. The van der Waals surface area contributed by atoms with Crippen LogP contribution >= 0.6 is 0 Å². The van der Waals surface area contributed by atoms with Crippen LogP contribution in [-0.2, 0) is 14.8 Å². The van der Waals surface area contributed by atoms with E-state index in [0.29, 0.717) is 24.5 Å². The van der Waals surface area contributed by atoms with Crippen LogP contribution in [0.4, 0.5) is 16.2 Å². The molecule has 26 heavy (non-hydrogen) atoms. The Morgan fingerprint density at radius 2 is 1.73 bits per heavy atom. The fourth-order valence-electron chi connectivity index (χ4n) is 2.91. The minimum absolute atomic E-state index is 0.183. The zero-order valence-corrected chi connectivity index (χ0v) is 14.6. The summed E-state index contributed by atoms with van der Waals surface area (Å²) in [7, 11) is -3.74. The predicted molar refractivity (Wildman–Crippen MR) is 99.9 cm³/mol. The van der Waals surface area contributed by atoms with E-state index in [2.05, 4.69) is 4.72 Å². The molecule has 4 rings (SSSR count). The smallest absolute Gasteiger partial charge is 0.414 e. The van der Waals surface area contributed by atoms with Crippen LogP contribution in [0.1, 0.15) is 0 Å². The Morgan fingerprint density at radius 1 is 0.923 bits per heavy atom. The van der Waals surface area contributed by atoms with Gasteiger partial charge >= 0.3 is 6.09 Å². The van der Waals surface area contributed by atoms with Crippen molar-refractivity contribution in [1.29, 1.82) is 0 Å². The van der Waals surface area contributed by atoms with Crippen molar-refractivity contribution in [3.63, 3.8) is 0 Å². The number of benzene rings is 3. The van der Waals surface area contributed by atoms with Crippen molar-refractivity contribution in [3.05, 3.63) is 66.7 Å². The van der Waals surface area contributed by atoms with E-state index >= 15 is 0 Å². The van der Waals surface area contributed by atoms with E-state index in [1.807, 2.05) is 24.3 Å². The summed E-state index contributed by atoms with van der Waals surface area (Å²) in [6.07, 6.45) is -0.431. The van der Waals surface area contributed by atoms with Crippen LogP contribution in [0.25, 0.3) is 10.8 Å². The first-order chi connectivity index (χ1) is 12.5. The van der Waals surface area contributed by atoms with Gasteiger partial charge in [-0.15, -0.1) is 0 Å². The summed E-state index contributed by atoms with van der Waals surface area (Å²) in [5, 5.41) is 1.82. The highest BCUT2D eigenvalue weighted by Gasteiger charge is 2.24. The van der Waals surface area contributed by atoms with Crippen LogP contribution in [0.3, 0.4) is 0 Å². The topological polar surface area (TPSA) is 75.7 Å². The molecule has 0 aliphatic carbocycles. The molecule has 1 aliphatic rings. The zero-order valence-electron chi connectivity index (χ0n) is 13.8. The predicted octanol–water partition coefficient (Wildman–Crippen LogP) is 3.60. The quantitative estimate of drug-likeness (QED) is 0.763. The second kappa shape index (κ2) is 6.34. The molecule has 0 spiro atoms. The fourth-order valence-corrected chi connectivity index (χ4v) is 4.00. The molecular formula is C19H16N2O4S. The van der Waals surface area contributed by atoms with Gasteiger partial charge in [0.05, 0.1) is 17.1 Å². The number of sulfonamides is 1. The van der Waals surface area contributed by atoms with Crippen molar-refractivity contribution >= 4 is 38.3 Å². The van der Waals surface area contributed by atoms with Gasteiger partial charge in [-0.3, -0.25) is 9.62 Å². The van der Waals surface area contributed by atoms with Gasteiger partial charge in [0.15, 0.2) is 0 Å². The van der Waals surface area contributed by atoms with Gasteiger partial charge in [0.25, 0.3) is 10.0 Å². The summed E-state index contributed by atoms with van der Waals surface area (Å²) in [6, 6.07) is 19.3. The lowest BCUT2D eigenvalue weighted by Gasteiger charge is -2.15. The van der Waals surface area contributed by atoms with Crippen LogP contribution < -0.4 is 9.62 Å². The Labute approximate surface area is 151 Å². The van der Waals surface area contributed by atoms with Crippen LogP contribution in [0.15, 0.2) is 71.6 Å². The maximum Gasteiger partial charge on any atom is 0.414 e. The highest BCUT2D eigenvalue weighted by atomic mass is 32.2. The first-order valence-electron chi connectivity index (χ1n) is 8.09. The minimum atomic E-state index is -3.74. The van der Waals surface area contributed by atoms with Gasteiger partial charge < -0.3 is 4.74 Å². The van der Waals surface area contributed by atoms with E-state index in [1.165, 1.54) is 4.90 Å². The van der Waals surface area contributed by atoms with Crippen LogP contribution in [0.5, 0.6) is 0 Å². The fraction of sp³-hybridized carbons (Fsp3) is 0.105.